The zero-order valence-electron chi connectivity index (χ0n) is 17.7. The first-order valence-electron chi connectivity index (χ1n) is 10.3. The van der Waals surface area contributed by atoms with Gasteiger partial charge in [0.1, 0.15) is 0 Å². The van der Waals surface area contributed by atoms with Crippen LogP contribution in [-0.4, -0.2) is 34.2 Å². The Morgan fingerprint density at radius 3 is 2.58 bits per heavy atom. The van der Waals surface area contributed by atoms with E-state index in [1.165, 1.54) is 0 Å². The predicted octanol–water partition coefficient (Wildman–Crippen LogP) is 3.92. The van der Waals surface area contributed by atoms with Crippen LogP contribution in [0.5, 0.6) is 0 Å². The van der Waals surface area contributed by atoms with Gasteiger partial charge in [-0.15, -0.1) is 0 Å². The molecule has 0 bridgehead atoms. The molecule has 3 aromatic rings. The molecule has 1 atom stereocenters. The molecule has 0 saturated carbocycles. The molecule has 0 spiro atoms. The number of aromatic nitrogens is 1. The summed E-state index contributed by atoms with van der Waals surface area (Å²) in [5, 5.41) is 6.38. The summed E-state index contributed by atoms with van der Waals surface area (Å²) in [6.45, 7) is 3.76. The van der Waals surface area contributed by atoms with E-state index in [4.69, 9.17) is 0 Å². The predicted molar refractivity (Wildman–Crippen MR) is 126 cm³/mol. The molecule has 0 aliphatic rings. The summed E-state index contributed by atoms with van der Waals surface area (Å²) in [4.78, 5) is 39.9. The topological polar surface area (TPSA) is 91.1 Å². The van der Waals surface area contributed by atoms with Crippen molar-refractivity contribution in [3.05, 3.63) is 65.9 Å². The Labute approximate surface area is 186 Å². The van der Waals surface area contributed by atoms with Gasteiger partial charge in [-0.2, -0.15) is 0 Å². The number of para-hydroxylation sites is 2. The molecule has 1 aromatic heterocycles. The Morgan fingerprint density at radius 1 is 1.03 bits per heavy atom. The number of aromatic amines is 1. The maximum absolute atomic E-state index is 12.4. The lowest BCUT2D eigenvalue weighted by Gasteiger charge is -2.12. The number of hydrogen-bond acceptors (Lipinski definition) is 4. The van der Waals surface area contributed by atoms with Gasteiger partial charge in [0, 0.05) is 28.7 Å². The molecule has 0 radical (unpaired) electrons. The van der Waals surface area contributed by atoms with Crippen molar-refractivity contribution in [3.8, 4) is 0 Å². The number of carbonyl (C=O) groups excluding carboxylic acids is 3. The van der Waals surface area contributed by atoms with Crippen molar-refractivity contribution in [2.75, 3.05) is 17.6 Å². The molecular formula is C24H27N3O3S. The largest absolute Gasteiger partial charge is 0.361 e. The molecule has 162 valence electrons. The minimum atomic E-state index is -0.272. The van der Waals surface area contributed by atoms with Crippen LogP contribution in [0.25, 0.3) is 10.9 Å². The van der Waals surface area contributed by atoms with Crippen LogP contribution >= 0.6 is 11.8 Å². The number of thioether (sulfide) groups is 1. The smallest absolute Gasteiger partial charge is 0.234 e. The Kier molecular flexibility index (Phi) is 7.89. The zero-order chi connectivity index (χ0) is 22.2. The van der Waals surface area contributed by atoms with Crippen LogP contribution in [0.4, 0.5) is 5.69 Å². The van der Waals surface area contributed by atoms with E-state index >= 15 is 0 Å². The zero-order valence-corrected chi connectivity index (χ0v) is 18.6. The third-order valence-electron chi connectivity index (χ3n) is 5.09. The third-order valence-corrected chi connectivity index (χ3v) is 5.97. The highest BCUT2D eigenvalue weighted by Crippen LogP contribution is 2.21. The van der Waals surface area contributed by atoms with E-state index in [9.17, 15) is 14.4 Å². The lowest BCUT2D eigenvalue weighted by Crippen LogP contribution is -2.34. The molecule has 0 aliphatic heterocycles. The van der Waals surface area contributed by atoms with E-state index in [-0.39, 0.29) is 35.1 Å². The molecule has 0 unspecified atom stereocenters. The summed E-state index contributed by atoms with van der Waals surface area (Å²) in [6, 6.07) is 15.5. The van der Waals surface area contributed by atoms with Gasteiger partial charge in [-0.1, -0.05) is 62.0 Å². The van der Waals surface area contributed by atoms with Gasteiger partial charge < -0.3 is 15.6 Å². The Morgan fingerprint density at radius 2 is 1.77 bits per heavy atom. The van der Waals surface area contributed by atoms with Crippen LogP contribution in [0.2, 0.25) is 0 Å². The second-order valence-corrected chi connectivity index (χ2v) is 8.43. The Bertz CT molecular complexity index is 1080. The molecule has 1 heterocycles. The average Bonchev–Trinajstić information content (AvgIpc) is 3.19. The highest BCUT2D eigenvalue weighted by atomic mass is 32.2. The summed E-state index contributed by atoms with van der Waals surface area (Å²) < 4.78 is 0. The fourth-order valence-electron chi connectivity index (χ4n) is 3.39. The first-order chi connectivity index (χ1) is 15.0. The number of aryl methyl sites for hydroxylation is 1. The van der Waals surface area contributed by atoms with Crippen molar-refractivity contribution < 1.29 is 14.4 Å². The summed E-state index contributed by atoms with van der Waals surface area (Å²) >= 11 is 0.907. The summed E-state index contributed by atoms with van der Waals surface area (Å²) in [7, 11) is 0. The van der Waals surface area contributed by atoms with Gasteiger partial charge in [0.25, 0.3) is 0 Å². The van der Waals surface area contributed by atoms with Crippen LogP contribution in [-0.2, 0) is 27.2 Å². The molecule has 2 amide bonds. The minimum Gasteiger partial charge on any atom is -0.361 e. The van der Waals surface area contributed by atoms with E-state index in [1.807, 2.05) is 68.6 Å². The molecule has 0 fully saturated rings. The Hall–Kier alpha value is -3.06. The van der Waals surface area contributed by atoms with Crippen LogP contribution in [0.15, 0.2) is 54.7 Å². The maximum Gasteiger partial charge on any atom is 0.234 e. The first kappa shape index (κ1) is 22.6. The number of rotatable bonds is 9. The number of fused-ring (bicyclic) bond motifs is 1. The van der Waals surface area contributed by atoms with Crippen molar-refractivity contribution in [2.24, 2.45) is 5.92 Å². The van der Waals surface area contributed by atoms with Crippen molar-refractivity contribution in [1.82, 2.24) is 10.3 Å². The van der Waals surface area contributed by atoms with E-state index in [2.05, 4.69) is 15.6 Å². The Balaban J connectivity index is 1.41. The number of anilines is 1. The third kappa shape index (κ3) is 6.21. The van der Waals surface area contributed by atoms with Gasteiger partial charge in [-0.3, -0.25) is 14.4 Å². The molecule has 6 nitrogen and oxygen atoms in total. The lowest BCUT2D eigenvalue weighted by molar-refractivity contribution is -0.125. The van der Waals surface area contributed by atoms with Gasteiger partial charge in [0.05, 0.1) is 12.3 Å². The van der Waals surface area contributed by atoms with E-state index in [0.29, 0.717) is 6.42 Å². The molecule has 0 saturated heterocycles. The van der Waals surface area contributed by atoms with E-state index < -0.39 is 0 Å². The molecule has 3 rings (SSSR count). The fourth-order valence-corrected chi connectivity index (χ4v) is 3.93. The second kappa shape index (κ2) is 10.8. The quantitative estimate of drug-likeness (QED) is 0.473. The van der Waals surface area contributed by atoms with Gasteiger partial charge >= 0.3 is 0 Å². The summed E-state index contributed by atoms with van der Waals surface area (Å²) in [5.74, 6) is -0.679. The number of nitrogens with one attached hydrogen (secondary N) is 3. The van der Waals surface area contributed by atoms with E-state index in [1.54, 1.807) is 0 Å². The highest BCUT2D eigenvalue weighted by molar-refractivity contribution is 8.14. The van der Waals surface area contributed by atoms with Crippen molar-refractivity contribution in [1.29, 1.82) is 0 Å². The second-order valence-electron chi connectivity index (χ2n) is 7.40. The normalized spacial score (nSPS) is 11.8. The number of H-pyrrole nitrogens is 1. The van der Waals surface area contributed by atoms with Gasteiger partial charge in [-0.25, -0.2) is 0 Å². The molecule has 3 N–H and O–H groups in total. The van der Waals surface area contributed by atoms with Gasteiger partial charge in [0.2, 0.25) is 16.9 Å². The van der Waals surface area contributed by atoms with Crippen molar-refractivity contribution >= 4 is 45.3 Å². The number of benzene rings is 2. The fraction of sp³-hybridized carbons (Fsp3) is 0.292. The summed E-state index contributed by atoms with van der Waals surface area (Å²) in [6.07, 6.45) is 3.31. The average molecular weight is 438 g/mol. The number of hydrogen-bond donors (Lipinski definition) is 3. The lowest BCUT2D eigenvalue weighted by atomic mass is 10.00. The molecular weight excluding hydrogens is 410 g/mol. The van der Waals surface area contributed by atoms with E-state index in [0.717, 1.165) is 45.9 Å². The first-order valence-corrected chi connectivity index (χ1v) is 11.3. The standard InChI is InChI=1S/C24H27N3O3S/c1-3-17-8-4-6-10-20(17)27-22(28)15-31-23(29)14-26-24(30)16(2)12-18-13-25-21-11-7-5-9-19(18)21/h4-11,13,16,25H,3,12,14-15H2,1-2H3,(H,26,30)(H,27,28)/t16-/m0/s1. The van der Waals surface area contributed by atoms with Crippen molar-refractivity contribution in [3.63, 3.8) is 0 Å². The van der Waals surface area contributed by atoms with Crippen LogP contribution in [0.1, 0.15) is 25.0 Å². The molecule has 2 aromatic carbocycles. The van der Waals surface area contributed by atoms with Crippen LogP contribution in [0, 0.1) is 5.92 Å². The SMILES string of the molecule is CCc1ccccc1NC(=O)CSC(=O)CNC(=O)[C@@H](C)Cc1c[nH]c2ccccc12. The van der Waals surface area contributed by atoms with Crippen molar-refractivity contribution in [2.45, 2.75) is 26.7 Å². The minimum absolute atomic E-state index is 0.0116. The van der Waals surface area contributed by atoms with Crippen LogP contribution < -0.4 is 10.6 Å². The van der Waals surface area contributed by atoms with Gasteiger partial charge in [0.15, 0.2) is 0 Å². The number of amides is 2. The molecule has 0 aliphatic carbocycles. The van der Waals surface area contributed by atoms with Crippen LogP contribution in [0.3, 0.4) is 0 Å². The van der Waals surface area contributed by atoms with Gasteiger partial charge in [-0.05, 0) is 36.1 Å². The molecule has 7 heteroatoms. The highest BCUT2D eigenvalue weighted by Gasteiger charge is 2.17. The monoisotopic (exact) mass is 437 g/mol. The maximum atomic E-state index is 12.4. The summed E-state index contributed by atoms with van der Waals surface area (Å²) in [5.41, 5.74) is 3.92. The molecule has 31 heavy (non-hydrogen) atoms. The number of carbonyl (C=O) groups is 3.